The predicted molar refractivity (Wildman–Crippen MR) is 80.3 cm³/mol. The van der Waals surface area contributed by atoms with Gasteiger partial charge in [0, 0.05) is 24.2 Å². The van der Waals surface area contributed by atoms with Crippen molar-refractivity contribution in [1.82, 2.24) is 10.2 Å². The molecule has 2 fully saturated rings. The van der Waals surface area contributed by atoms with E-state index in [1.54, 1.807) is 0 Å². The van der Waals surface area contributed by atoms with Crippen LogP contribution in [0.2, 0.25) is 0 Å². The summed E-state index contributed by atoms with van der Waals surface area (Å²) < 4.78 is 0. The first kappa shape index (κ1) is 15.3. The van der Waals surface area contributed by atoms with Crippen LogP contribution in [0.15, 0.2) is 0 Å². The van der Waals surface area contributed by atoms with Gasteiger partial charge in [0.1, 0.15) is 0 Å². The summed E-state index contributed by atoms with van der Waals surface area (Å²) in [6.45, 7) is 9.23. The van der Waals surface area contributed by atoms with Crippen LogP contribution in [0.3, 0.4) is 0 Å². The predicted octanol–water partition coefficient (Wildman–Crippen LogP) is 2.39. The zero-order chi connectivity index (χ0) is 13.9. The Bertz CT molecular complexity index is 274. The van der Waals surface area contributed by atoms with Crippen LogP contribution >= 0.6 is 0 Å². The molecule has 1 unspecified atom stereocenters. The number of hydrogen-bond donors (Lipinski definition) is 2. The van der Waals surface area contributed by atoms with E-state index in [0.29, 0.717) is 6.04 Å². The SMILES string of the molecule is CC(C)NC(C)(CO)CCCN(CC1CC1)C1CC1. The number of hydrogen-bond acceptors (Lipinski definition) is 3. The van der Waals surface area contributed by atoms with Crippen molar-refractivity contribution in [2.75, 3.05) is 19.7 Å². The van der Waals surface area contributed by atoms with E-state index in [1.165, 1.54) is 45.2 Å². The van der Waals surface area contributed by atoms with Gasteiger partial charge in [0.25, 0.3) is 0 Å². The van der Waals surface area contributed by atoms with Gasteiger partial charge in [-0.3, -0.25) is 0 Å². The Morgan fingerprint density at radius 2 is 1.95 bits per heavy atom. The fourth-order valence-corrected chi connectivity index (χ4v) is 3.06. The number of aliphatic hydroxyl groups is 1. The number of aliphatic hydroxyl groups excluding tert-OH is 1. The first-order valence-electron chi connectivity index (χ1n) is 8.15. The van der Waals surface area contributed by atoms with Crippen molar-refractivity contribution in [3.63, 3.8) is 0 Å². The van der Waals surface area contributed by atoms with Gasteiger partial charge in [-0.15, -0.1) is 0 Å². The molecule has 2 aliphatic rings. The second-order valence-corrected chi connectivity index (χ2v) is 7.29. The number of nitrogens with zero attached hydrogens (tertiary/aromatic N) is 1. The molecule has 2 saturated carbocycles. The zero-order valence-corrected chi connectivity index (χ0v) is 13.0. The Kier molecular flexibility index (Phi) is 5.27. The third-order valence-corrected chi connectivity index (χ3v) is 4.41. The van der Waals surface area contributed by atoms with Crippen LogP contribution in [0.1, 0.15) is 59.3 Å². The quantitative estimate of drug-likeness (QED) is 0.638. The van der Waals surface area contributed by atoms with Crippen LogP contribution in [-0.2, 0) is 0 Å². The highest BCUT2D eigenvalue weighted by molar-refractivity contribution is 4.89. The standard InChI is InChI=1S/C16H32N2O/c1-13(2)17-16(3,12-19)9-4-10-18(15-7-8-15)11-14-5-6-14/h13-15,17,19H,4-12H2,1-3H3. The van der Waals surface area contributed by atoms with Gasteiger partial charge in [-0.05, 0) is 57.9 Å². The van der Waals surface area contributed by atoms with Crippen LogP contribution in [-0.4, -0.2) is 47.3 Å². The van der Waals surface area contributed by atoms with E-state index in [1.807, 2.05) is 0 Å². The molecule has 2 N–H and O–H groups in total. The van der Waals surface area contributed by atoms with E-state index in [0.717, 1.165) is 18.4 Å². The Labute approximate surface area is 118 Å². The Balaban J connectivity index is 1.70. The monoisotopic (exact) mass is 268 g/mol. The lowest BCUT2D eigenvalue weighted by atomic mass is 9.95. The zero-order valence-electron chi connectivity index (χ0n) is 13.0. The van der Waals surface area contributed by atoms with E-state index in [4.69, 9.17) is 0 Å². The van der Waals surface area contributed by atoms with Crippen LogP contribution < -0.4 is 5.32 Å². The molecule has 0 spiro atoms. The highest BCUT2D eigenvalue weighted by Crippen LogP contribution is 2.35. The minimum absolute atomic E-state index is 0.108. The molecule has 0 saturated heterocycles. The van der Waals surface area contributed by atoms with Crippen LogP contribution in [0.5, 0.6) is 0 Å². The van der Waals surface area contributed by atoms with E-state index < -0.39 is 0 Å². The molecule has 2 aliphatic carbocycles. The largest absolute Gasteiger partial charge is 0.394 e. The Hall–Kier alpha value is -0.120. The first-order chi connectivity index (χ1) is 9.02. The molecule has 0 amide bonds. The molecule has 1 atom stereocenters. The molecule has 19 heavy (non-hydrogen) atoms. The second-order valence-electron chi connectivity index (χ2n) is 7.29. The lowest BCUT2D eigenvalue weighted by Gasteiger charge is -2.32. The summed E-state index contributed by atoms with van der Waals surface area (Å²) in [4.78, 5) is 2.71. The average Bonchev–Trinajstić information content (AvgIpc) is 3.19. The van der Waals surface area contributed by atoms with Crippen molar-refractivity contribution in [3.05, 3.63) is 0 Å². The van der Waals surface area contributed by atoms with Gasteiger partial charge >= 0.3 is 0 Å². The molecule has 0 aromatic rings. The van der Waals surface area contributed by atoms with Crippen molar-refractivity contribution in [2.45, 2.75) is 76.9 Å². The van der Waals surface area contributed by atoms with Gasteiger partial charge in [0.2, 0.25) is 0 Å². The molecule has 0 heterocycles. The summed E-state index contributed by atoms with van der Waals surface area (Å²) in [5.74, 6) is 0.999. The number of nitrogens with one attached hydrogen (secondary N) is 1. The number of rotatable bonds is 10. The molecule has 3 nitrogen and oxygen atoms in total. The van der Waals surface area contributed by atoms with E-state index in [-0.39, 0.29) is 12.1 Å². The van der Waals surface area contributed by atoms with Crippen molar-refractivity contribution < 1.29 is 5.11 Å². The summed E-state index contributed by atoms with van der Waals surface area (Å²) in [5, 5.41) is 13.1. The molecule has 0 aromatic heterocycles. The molecule has 0 aliphatic heterocycles. The third kappa shape index (κ3) is 5.41. The molecule has 3 heteroatoms. The molecule has 0 radical (unpaired) electrons. The topological polar surface area (TPSA) is 35.5 Å². The second kappa shape index (κ2) is 6.55. The molecule has 2 rings (SSSR count). The molecular formula is C16H32N2O. The molecule has 0 bridgehead atoms. The van der Waals surface area contributed by atoms with E-state index in [2.05, 4.69) is 31.0 Å². The summed E-state index contributed by atoms with van der Waals surface area (Å²) in [6, 6.07) is 1.32. The molecule has 112 valence electrons. The Morgan fingerprint density at radius 1 is 1.26 bits per heavy atom. The van der Waals surface area contributed by atoms with E-state index >= 15 is 0 Å². The highest BCUT2D eigenvalue weighted by atomic mass is 16.3. The van der Waals surface area contributed by atoms with Gasteiger partial charge in [-0.2, -0.15) is 0 Å². The first-order valence-corrected chi connectivity index (χ1v) is 8.15. The summed E-state index contributed by atoms with van der Waals surface area (Å²) >= 11 is 0. The molecule has 0 aromatic carbocycles. The fraction of sp³-hybridized carbons (Fsp3) is 1.00. The maximum absolute atomic E-state index is 9.60. The van der Waals surface area contributed by atoms with Crippen molar-refractivity contribution in [2.24, 2.45) is 5.92 Å². The van der Waals surface area contributed by atoms with Crippen LogP contribution in [0.25, 0.3) is 0 Å². The van der Waals surface area contributed by atoms with Crippen LogP contribution in [0.4, 0.5) is 0 Å². The van der Waals surface area contributed by atoms with E-state index in [9.17, 15) is 5.11 Å². The highest BCUT2D eigenvalue weighted by Gasteiger charge is 2.33. The normalized spacial score (nSPS) is 23.1. The summed E-state index contributed by atoms with van der Waals surface area (Å²) in [7, 11) is 0. The average molecular weight is 268 g/mol. The van der Waals surface area contributed by atoms with Gasteiger partial charge in [-0.1, -0.05) is 13.8 Å². The van der Waals surface area contributed by atoms with Crippen molar-refractivity contribution >= 4 is 0 Å². The van der Waals surface area contributed by atoms with Crippen molar-refractivity contribution in [3.8, 4) is 0 Å². The summed E-state index contributed by atoms with van der Waals surface area (Å²) in [5.41, 5.74) is -0.108. The lowest BCUT2D eigenvalue weighted by molar-refractivity contribution is 0.146. The smallest absolute Gasteiger partial charge is 0.0610 e. The minimum atomic E-state index is -0.108. The van der Waals surface area contributed by atoms with Gasteiger partial charge in [0.05, 0.1) is 6.61 Å². The van der Waals surface area contributed by atoms with Crippen LogP contribution in [0, 0.1) is 5.92 Å². The molecular weight excluding hydrogens is 236 g/mol. The minimum Gasteiger partial charge on any atom is -0.394 e. The van der Waals surface area contributed by atoms with Gasteiger partial charge in [0.15, 0.2) is 0 Å². The summed E-state index contributed by atoms with van der Waals surface area (Å²) in [6.07, 6.45) is 7.98. The third-order valence-electron chi connectivity index (χ3n) is 4.41. The maximum atomic E-state index is 9.60. The van der Waals surface area contributed by atoms with Gasteiger partial charge < -0.3 is 15.3 Å². The fourth-order valence-electron chi connectivity index (χ4n) is 3.06. The Morgan fingerprint density at radius 3 is 2.42 bits per heavy atom. The maximum Gasteiger partial charge on any atom is 0.0610 e. The van der Waals surface area contributed by atoms with Gasteiger partial charge in [-0.25, -0.2) is 0 Å². The van der Waals surface area contributed by atoms with Crippen molar-refractivity contribution in [1.29, 1.82) is 0 Å². The lowest BCUT2D eigenvalue weighted by Crippen LogP contribution is -2.49.